The van der Waals surface area contributed by atoms with E-state index in [9.17, 15) is 20.1 Å². The molecule has 1 aliphatic rings. The maximum atomic E-state index is 12.2. The van der Waals surface area contributed by atoms with Crippen molar-refractivity contribution in [1.82, 2.24) is 0 Å². The minimum absolute atomic E-state index is 0.0431. The summed E-state index contributed by atoms with van der Waals surface area (Å²) in [7, 11) is 1.42. The van der Waals surface area contributed by atoms with Crippen LogP contribution < -0.4 is 9.47 Å². The lowest BCUT2D eigenvalue weighted by atomic mass is 10.00. The van der Waals surface area contributed by atoms with Gasteiger partial charge in [-0.25, -0.2) is 4.79 Å². The first kappa shape index (κ1) is 31.1. The Morgan fingerprint density at radius 2 is 1.92 bits per heavy atom. The third-order valence-electron chi connectivity index (χ3n) is 5.81. The molecule has 2 rings (SSSR count). The Balaban J connectivity index is 2.33. The van der Waals surface area contributed by atoms with Crippen LogP contribution in [-0.4, -0.2) is 78.5 Å². The van der Waals surface area contributed by atoms with Crippen LogP contribution in [0.2, 0.25) is 0 Å². The molecule has 0 aromatic heterocycles. The lowest BCUT2D eigenvalue weighted by molar-refractivity contribution is -0.152. The van der Waals surface area contributed by atoms with Crippen molar-refractivity contribution in [3.63, 3.8) is 0 Å². The monoisotopic (exact) mass is 535 g/mol. The van der Waals surface area contributed by atoms with Gasteiger partial charge in [-0.3, -0.25) is 0 Å². The predicted octanol–water partition coefficient (Wildman–Crippen LogP) is 3.91. The largest absolute Gasteiger partial charge is 0.493 e. The SMILES string of the molecule is COCOc1ccc(OCCN=[N+]=[N-])c(/C=C/C[C@H]2OC(C)(C)O[C@@H]2C(O)/C=C\[C@H](C)[C@H](C)O)c1C(=O)O. The predicted molar refractivity (Wildman–Crippen MR) is 139 cm³/mol. The average Bonchev–Trinajstić information content (AvgIpc) is 3.18. The number of hydrogen-bond donors (Lipinski definition) is 3. The lowest BCUT2D eigenvalue weighted by Gasteiger charge is -2.20. The van der Waals surface area contributed by atoms with Crippen LogP contribution >= 0.6 is 0 Å². The number of benzene rings is 1. The molecule has 0 spiro atoms. The molecule has 0 radical (unpaired) electrons. The molecule has 12 heteroatoms. The maximum Gasteiger partial charge on any atom is 0.340 e. The summed E-state index contributed by atoms with van der Waals surface area (Å²) in [5.41, 5.74) is 8.60. The van der Waals surface area contributed by atoms with Crippen molar-refractivity contribution in [1.29, 1.82) is 0 Å². The van der Waals surface area contributed by atoms with Crippen LogP contribution in [0.1, 0.15) is 50.0 Å². The first-order chi connectivity index (χ1) is 18.0. The summed E-state index contributed by atoms with van der Waals surface area (Å²) in [5.74, 6) is -1.98. The van der Waals surface area contributed by atoms with Crippen molar-refractivity contribution >= 4 is 12.0 Å². The molecule has 210 valence electrons. The quantitative estimate of drug-likeness (QED) is 0.0751. The molecule has 12 nitrogen and oxygen atoms in total. The molecule has 0 aliphatic carbocycles. The summed E-state index contributed by atoms with van der Waals surface area (Å²) in [4.78, 5) is 14.9. The van der Waals surface area contributed by atoms with E-state index in [4.69, 9.17) is 29.2 Å². The van der Waals surface area contributed by atoms with Crippen LogP contribution in [0.3, 0.4) is 0 Å². The highest BCUT2D eigenvalue weighted by Crippen LogP contribution is 2.35. The second kappa shape index (κ2) is 14.7. The average molecular weight is 536 g/mol. The van der Waals surface area contributed by atoms with E-state index < -0.39 is 36.2 Å². The molecular formula is C26H37N3O9. The molecule has 1 aromatic carbocycles. The second-order valence-electron chi connectivity index (χ2n) is 9.26. The summed E-state index contributed by atoms with van der Waals surface area (Å²) >= 11 is 0. The topological polar surface area (TPSA) is 173 Å². The zero-order chi connectivity index (χ0) is 28.3. The van der Waals surface area contributed by atoms with E-state index >= 15 is 0 Å². The second-order valence-corrected chi connectivity index (χ2v) is 9.26. The molecule has 1 aliphatic heterocycles. The Morgan fingerprint density at radius 1 is 1.21 bits per heavy atom. The number of carboxylic acids is 1. The molecule has 1 unspecified atom stereocenters. The number of nitrogens with zero attached hydrogens (tertiary/aromatic N) is 3. The molecule has 3 N–H and O–H groups in total. The van der Waals surface area contributed by atoms with Crippen LogP contribution in [-0.2, 0) is 14.2 Å². The Kier molecular flexibility index (Phi) is 12.0. The zero-order valence-corrected chi connectivity index (χ0v) is 22.3. The zero-order valence-electron chi connectivity index (χ0n) is 22.3. The van der Waals surface area contributed by atoms with Gasteiger partial charge in [0.25, 0.3) is 0 Å². The number of aliphatic hydroxyl groups excluding tert-OH is 2. The van der Waals surface area contributed by atoms with Crippen LogP contribution in [0.25, 0.3) is 16.5 Å². The normalized spacial score (nSPS) is 21.2. The highest BCUT2D eigenvalue weighted by atomic mass is 16.8. The number of ether oxygens (including phenoxy) is 5. The number of aliphatic hydroxyl groups is 2. The van der Waals surface area contributed by atoms with Crippen molar-refractivity contribution in [3.8, 4) is 11.5 Å². The van der Waals surface area contributed by atoms with Gasteiger partial charge in [-0.15, -0.1) is 0 Å². The number of carbonyl (C=O) groups is 1. The van der Waals surface area contributed by atoms with Crippen molar-refractivity contribution < 1.29 is 43.8 Å². The standard InChI is InChI=1S/C26H37N3O9/c1-16(17(2)30)9-10-19(31)24-22(37-26(3,4)38-24)8-6-7-18-20(35-14-13-28-29-27)11-12-21(36-15-34-5)23(18)25(32)33/h6-7,9-12,16-17,19,22,24,30-31H,8,13-15H2,1-5H3,(H,32,33)/b7-6+,10-9-/t16-,17-,19?,22+,24+/m0/s1. The molecule has 5 atom stereocenters. The van der Waals surface area contributed by atoms with Gasteiger partial charge < -0.3 is 39.0 Å². The number of carboxylic acid groups (broad SMARTS) is 1. The summed E-state index contributed by atoms with van der Waals surface area (Å²) in [6, 6.07) is 3.03. The fourth-order valence-electron chi connectivity index (χ4n) is 3.79. The van der Waals surface area contributed by atoms with Crippen molar-refractivity contribution in [2.24, 2.45) is 11.0 Å². The van der Waals surface area contributed by atoms with E-state index in [1.807, 2.05) is 6.92 Å². The van der Waals surface area contributed by atoms with E-state index in [2.05, 4.69) is 10.0 Å². The smallest absolute Gasteiger partial charge is 0.340 e. The van der Waals surface area contributed by atoms with Crippen LogP contribution in [0.4, 0.5) is 0 Å². The fourth-order valence-corrected chi connectivity index (χ4v) is 3.79. The highest BCUT2D eigenvalue weighted by molar-refractivity contribution is 5.96. The van der Waals surface area contributed by atoms with E-state index in [0.29, 0.717) is 0 Å². The van der Waals surface area contributed by atoms with Crippen molar-refractivity contribution in [2.45, 2.75) is 64.3 Å². The number of azide groups is 1. The van der Waals surface area contributed by atoms with Gasteiger partial charge in [0, 0.05) is 17.6 Å². The van der Waals surface area contributed by atoms with E-state index in [0.717, 1.165) is 0 Å². The molecule has 1 fully saturated rings. The molecular weight excluding hydrogens is 498 g/mol. The van der Waals surface area contributed by atoms with Crippen LogP contribution in [0.15, 0.2) is 35.5 Å². The van der Waals surface area contributed by atoms with E-state index in [1.54, 1.807) is 51.1 Å². The lowest BCUT2D eigenvalue weighted by Crippen LogP contribution is -2.34. The van der Waals surface area contributed by atoms with Gasteiger partial charge in [0.15, 0.2) is 12.6 Å². The van der Waals surface area contributed by atoms with E-state index in [1.165, 1.54) is 13.2 Å². The molecule has 1 saturated heterocycles. The van der Waals surface area contributed by atoms with Crippen LogP contribution in [0.5, 0.6) is 11.5 Å². The van der Waals surface area contributed by atoms with Gasteiger partial charge in [0.2, 0.25) is 0 Å². The first-order valence-corrected chi connectivity index (χ1v) is 12.2. The number of methoxy groups -OCH3 is 1. The van der Waals surface area contributed by atoms with Gasteiger partial charge >= 0.3 is 5.97 Å². The van der Waals surface area contributed by atoms with Gasteiger partial charge in [0.1, 0.15) is 29.3 Å². The maximum absolute atomic E-state index is 12.2. The number of hydrogen-bond acceptors (Lipinski definition) is 9. The summed E-state index contributed by atoms with van der Waals surface area (Å²) in [6.07, 6.45) is 4.08. The fraction of sp³-hybridized carbons (Fsp3) is 0.577. The van der Waals surface area contributed by atoms with Gasteiger partial charge in [0.05, 0.1) is 25.4 Å². The third-order valence-corrected chi connectivity index (χ3v) is 5.81. The Hall–Kier alpha value is -3.12. The molecule has 38 heavy (non-hydrogen) atoms. The number of aromatic carboxylic acids is 1. The Bertz CT molecular complexity index is 1040. The van der Waals surface area contributed by atoms with Gasteiger partial charge in [-0.05, 0) is 50.8 Å². The Labute approximate surface area is 222 Å². The molecule has 0 bridgehead atoms. The first-order valence-electron chi connectivity index (χ1n) is 12.2. The van der Waals surface area contributed by atoms with Gasteiger partial charge in [-0.2, -0.15) is 0 Å². The minimum atomic E-state index is -1.23. The minimum Gasteiger partial charge on any atom is -0.493 e. The van der Waals surface area contributed by atoms with Gasteiger partial charge in [-0.1, -0.05) is 36.3 Å². The summed E-state index contributed by atoms with van der Waals surface area (Å²) < 4.78 is 28.0. The summed E-state index contributed by atoms with van der Waals surface area (Å²) in [5, 5.41) is 33.8. The Morgan fingerprint density at radius 3 is 2.55 bits per heavy atom. The highest BCUT2D eigenvalue weighted by Gasteiger charge is 2.43. The summed E-state index contributed by atoms with van der Waals surface area (Å²) in [6.45, 7) is 6.95. The van der Waals surface area contributed by atoms with Crippen molar-refractivity contribution in [3.05, 3.63) is 51.9 Å². The van der Waals surface area contributed by atoms with Crippen molar-refractivity contribution in [2.75, 3.05) is 27.1 Å². The third kappa shape index (κ3) is 9.02. The molecule has 0 amide bonds. The molecule has 1 aromatic rings. The van der Waals surface area contributed by atoms with E-state index in [-0.39, 0.29) is 54.9 Å². The molecule has 0 saturated carbocycles. The van der Waals surface area contributed by atoms with Crippen LogP contribution in [0, 0.1) is 5.92 Å². The molecule has 1 heterocycles. The number of rotatable bonds is 15.